The molecule has 6 heteroatoms. The van der Waals surface area contributed by atoms with Crippen molar-refractivity contribution in [3.05, 3.63) is 65.6 Å². The van der Waals surface area contributed by atoms with Crippen LogP contribution in [0.25, 0.3) is 5.65 Å². The largest absolute Gasteiger partial charge is 0.396 e. The van der Waals surface area contributed by atoms with E-state index in [9.17, 15) is 9.90 Å². The normalized spacial score (nSPS) is 20.5. The molecule has 0 aliphatic carbocycles. The van der Waals surface area contributed by atoms with Crippen molar-refractivity contribution in [1.82, 2.24) is 19.5 Å². The molecule has 2 aromatic heterocycles. The summed E-state index contributed by atoms with van der Waals surface area (Å²) in [7, 11) is 0. The Bertz CT molecular complexity index is 922. The summed E-state index contributed by atoms with van der Waals surface area (Å²) in [5, 5.41) is 14.1. The number of amides is 1. The highest BCUT2D eigenvalue weighted by Crippen LogP contribution is 2.33. The summed E-state index contributed by atoms with van der Waals surface area (Å²) in [5.41, 5.74) is 3.18. The number of aromatic nitrogens is 3. The number of piperidine rings is 1. The molecule has 0 spiro atoms. The van der Waals surface area contributed by atoms with Crippen LogP contribution in [0.3, 0.4) is 0 Å². The van der Waals surface area contributed by atoms with E-state index >= 15 is 0 Å². The van der Waals surface area contributed by atoms with Crippen molar-refractivity contribution in [1.29, 1.82) is 0 Å². The van der Waals surface area contributed by atoms with E-state index < -0.39 is 0 Å². The van der Waals surface area contributed by atoms with Crippen LogP contribution in [0.5, 0.6) is 0 Å². The van der Waals surface area contributed by atoms with Gasteiger partial charge < -0.3 is 10.0 Å². The molecule has 1 aromatic carbocycles. The molecule has 0 radical (unpaired) electrons. The van der Waals surface area contributed by atoms with Gasteiger partial charge in [-0.2, -0.15) is 5.10 Å². The maximum absolute atomic E-state index is 13.0. The third-order valence-corrected chi connectivity index (χ3v) is 5.22. The van der Waals surface area contributed by atoms with Gasteiger partial charge >= 0.3 is 0 Å². The number of hydrogen-bond donors (Lipinski definition) is 1. The van der Waals surface area contributed by atoms with Gasteiger partial charge in [0.2, 0.25) is 0 Å². The number of likely N-dealkylation sites (tertiary alicyclic amines) is 1. The van der Waals surface area contributed by atoms with Crippen molar-refractivity contribution >= 4 is 11.6 Å². The van der Waals surface area contributed by atoms with Crippen molar-refractivity contribution in [3.63, 3.8) is 0 Å². The highest BCUT2D eigenvalue weighted by Gasteiger charge is 2.33. The lowest BCUT2D eigenvalue weighted by molar-refractivity contribution is 0.0579. The predicted molar refractivity (Wildman–Crippen MR) is 98.0 cm³/mol. The van der Waals surface area contributed by atoms with Gasteiger partial charge in [-0.3, -0.25) is 4.79 Å². The topological polar surface area (TPSA) is 70.7 Å². The number of fused-ring (bicyclic) bond motifs is 1. The molecule has 3 heterocycles. The molecule has 1 aliphatic heterocycles. The molecule has 134 valence electrons. The minimum absolute atomic E-state index is 0.0339. The Labute approximate surface area is 152 Å². The molecule has 1 aliphatic rings. The van der Waals surface area contributed by atoms with Crippen LogP contribution in [0, 0.1) is 12.8 Å². The van der Waals surface area contributed by atoms with Crippen LogP contribution in [-0.2, 0) is 0 Å². The SMILES string of the molecule is Cc1ccn2ncc(C(=O)N3CC[C@H](c4ccccc4)[C@H](CO)C3)c2n1. The lowest BCUT2D eigenvalue weighted by atomic mass is 9.81. The molecule has 1 fully saturated rings. The molecule has 2 atom stereocenters. The summed E-state index contributed by atoms with van der Waals surface area (Å²) < 4.78 is 1.63. The maximum Gasteiger partial charge on any atom is 0.259 e. The standard InChI is InChI=1S/C20H22N4O2/c1-14-7-10-24-19(22-14)18(11-21-24)20(26)23-9-8-17(16(12-23)13-25)15-5-3-2-4-6-15/h2-7,10-11,16-17,25H,8-9,12-13H2,1H3/t16-,17+/m0/s1. The molecule has 3 aromatic rings. The second-order valence-electron chi connectivity index (χ2n) is 6.90. The molecule has 6 nitrogen and oxygen atoms in total. The first-order valence-electron chi connectivity index (χ1n) is 8.93. The number of aliphatic hydroxyl groups excluding tert-OH is 1. The molecular formula is C20H22N4O2. The Kier molecular flexibility index (Phi) is 4.42. The zero-order valence-electron chi connectivity index (χ0n) is 14.7. The van der Waals surface area contributed by atoms with Gasteiger partial charge in [0.15, 0.2) is 5.65 Å². The number of hydrogen-bond acceptors (Lipinski definition) is 4. The molecule has 0 bridgehead atoms. The average Bonchev–Trinajstić information content (AvgIpc) is 3.10. The first kappa shape index (κ1) is 16.7. The van der Waals surface area contributed by atoms with Gasteiger partial charge in [-0.25, -0.2) is 9.50 Å². The molecule has 4 rings (SSSR count). The zero-order valence-corrected chi connectivity index (χ0v) is 14.7. The van der Waals surface area contributed by atoms with E-state index in [4.69, 9.17) is 0 Å². The first-order valence-corrected chi connectivity index (χ1v) is 8.93. The van der Waals surface area contributed by atoms with Crippen molar-refractivity contribution in [3.8, 4) is 0 Å². The Morgan fingerprint density at radius 1 is 1.27 bits per heavy atom. The molecule has 0 saturated carbocycles. The van der Waals surface area contributed by atoms with Gasteiger partial charge in [-0.15, -0.1) is 0 Å². The molecular weight excluding hydrogens is 328 g/mol. The fourth-order valence-electron chi connectivity index (χ4n) is 3.82. The Morgan fingerprint density at radius 3 is 2.85 bits per heavy atom. The fraction of sp³-hybridized carbons (Fsp3) is 0.350. The van der Waals surface area contributed by atoms with E-state index in [1.165, 1.54) is 5.56 Å². The van der Waals surface area contributed by atoms with E-state index in [2.05, 4.69) is 22.2 Å². The summed E-state index contributed by atoms with van der Waals surface area (Å²) in [4.78, 5) is 19.3. The van der Waals surface area contributed by atoms with Crippen LogP contribution < -0.4 is 0 Å². The van der Waals surface area contributed by atoms with E-state index in [0.717, 1.165) is 12.1 Å². The highest BCUT2D eigenvalue weighted by molar-refractivity contribution is 5.99. The van der Waals surface area contributed by atoms with Gasteiger partial charge in [0, 0.05) is 37.5 Å². The molecule has 0 unspecified atom stereocenters. The maximum atomic E-state index is 13.0. The summed E-state index contributed by atoms with van der Waals surface area (Å²) in [6, 6.07) is 12.1. The van der Waals surface area contributed by atoms with Crippen molar-refractivity contribution in [2.75, 3.05) is 19.7 Å². The summed E-state index contributed by atoms with van der Waals surface area (Å²) in [6.07, 6.45) is 4.24. The zero-order chi connectivity index (χ0) is 18.1. The number of carbonyl (C=O) groups excluding carboxylic acids is 1. The minimum Gasteiger partial charge on any atom is -0.396 e. The molecule has 1 N–H and O–H groups in total. The van der Waals surface area contributed by atoms with Crippen molar-refractivity contribution < 1.29 is 9.90 Å². The lowest BCUT2D eigenvalue weighted by Gasteiger charge is -2.38. The summed E-state index contributed by atoms with van der Waals surface area (Å²) in [5.74, 6) is 0.240. The van der Waals surface area contributed by atoms with Gasteiger partial charge in [0.1, 0.15) is 5.56 Å². The molecule has 26 heavy (non-hydrogen) atoms. The van der Waals surface area contributed by atoms with Gasteiger partial charge in [-0.1, -0.05) is 30.3 Å². The quantitative estimate of drug-likeness (QED) is 0.787. The Hall–Kier alpha value is -2.73. The number of nitrogens with zero attached hydrogens (tertiary/aromatic N) is 4. The van der Waals surface area contributed by atoms with Crippen LogP contribution >= 0.6 is 0 Å². The number of aryl methyl sites for hydroxylation is 1. The third kappa shape index (κ3) is 2.97. The van der Waals surface area contributed by atoms with Crippen molar-refractivity contribution in [2.45, 2.75) is 19.3 Å². The summed E-state index contributed by atoms with van der Waals surface area (Å²) in [6.45, 7) is 3.17. The third-order valence-electron chi connectivity index (χ3n) is 5.22. The van der Waals surface area contributed by atoms with Gasteiger partial charge in [-0.05, 0) is 30.9 Å². The second kappa shape index (κ2) is 6.88. The van der Waals surface area contributed by atoms with Crippen LogP contribution in [0.1, 0.15) is 34.0 Å². The fourth-order valence-corrected chi connectivity index (χ4v) is 3.82. The summed E-state index contributed by atoms with van der Waals surface area (Å²) >= 11 is 0. The van der Waals surface area contributed by atoms with E-state index in [1.54, 1.807) is 10.7 Å². The number of rotatable bonds is 3. The van der Waals surface area contributed by atoms with E-state index in [1.807, 2.05) is 42.3 Å². The molecule has 1 saturated heterocycles. The van der Waals surface area contributed by atoms with Crippen LogP contribution in [0.2, 0.25) is 0 Å². The van der Waals surface area contributed by atoms with Crippen LogP contribution in [0.4, 0.5) is 0 Å². The smallest absolute Gasteiger partial charge is 0.259 e. The van der Waals surface area contributed by atoms with Crippen molar-refractivity contribution in [2.24, 2.45) is 5.92 Å². The second-order valence-corrected chi connectivity index (χ2v) is 6.90. The van der Waals surface area contributed by atoms with Gasteiger partial charge in [0.25, 0.3) is 5.91 Å². The monoisotopic (exact) mass is 350 g/mol. The number of aliphatic hydroxyl groups is 1. The van der Waals surface area contributed by atoms with Gasteiger partial charge in [0.05, 0.1) is 6.20 Å². The van der Waals surface area contributed by atoms with E-state index in [-0.39, 0.29) is 24.3 Å². The average molecular weight is 350 g/mol. The lowest BCUT2D eigenvalue weighted by Crippen LogP contribution is -2.44. The van der Waals surface area contributed by atoms with E-state index in [0.29, 0.717) is 24.3 Å². The number of carbonyl (C=O) groups is 1. The highest BCUT2D eigenvalue weighted by atomic mass is 16.3. The first-order chi connectivity index (χ1) is 12.7. The minimum atomic E-state index is -0.0666. The number of benzene rings is 1. The Morgan fingerprint density at radius 2 is 2.08 bits per heavy atom. The Balaban J connectivity index is 1.57. The predicted octanol–water partition coefficient (Wildman–Crippen LogP) is 2.28. The van der Waals surface area contributed by atoms with Crippen LogP contribution in [0.15, 0.2) is 48.8 Å². The molecule has 1 amide bonds. The van der Waals surface area contributed by atoms with Crippen LogP contribution in [-0.4, -0.2) is 50.2 Å².